The summed E-state index contributed by atoms with van der Waals surface area (Å²) in [6.07, 6.45) is 3.75. The van der Waals surface area contributed by atoms with E-state index in [9.17, 15) is 0 Å². The average Bonchev–Trinajstić information content (AvgIpc) is 2.63. The summed E-state index contributed by atoms with van der Waals surface area (Å²) >= 11 is 0. The van der Waals surface area contributed by atoms with Gasteiger partial charge in [-0.3, -0.25) is 4.68 Å². The van der Waals surface area contributed by atoms with Crippen molar-refractivity contribution in [3.8, 4) is 0 Å². The lowest BCUT2D eigenvalue weighted by Crippen LogP contribution is -2.39. The molecule has 0 spiro atoms. The number of hydrogen-bond acceptors (Lipinski definition) is 3. The molecule has 98 valence electrons. The predicted molar refractivity (Wildman–Crippen MR) is 70.9 cm³/mol. The van der Waals surface area contributed by atoms with Crippen molar-refractivity contribution in [2.24, 2.45) is 5.92 Å². The Morgan fingerprint density at radius 1 is 1.41 bits per heavy atom. The fraction of sp³-hybridized carbons (Fsp3) is 0.846. The van der Waals surface area contributed by atoms with Crippen molar-refractivity contribution >= 4 is 0 Å². The third-order valence-electron chi connectivity index (χ3n) is 2.64. The van der Waals surface area contributed by atoms with Gasteiger partial charge in [-0.25, -0.2) is 4.98 Å². The zero-order valence-corrected chi connectivity index (χ0v) is 11.8. The molecule has 0 saturated carbocycles. The van der Waals surface area contributed by atoms with Crippen LogP contribution >= 0.6 is 0 Å². The van der Waals surface area contributed by atoms with Crippen molar-refractivity contribution in [3.63, 3.8) is 0 Å². The Bertz CT molecular complexity index is 324. The molecule has 1 aromatic rings. The molecule has 0 aliphatic carbocycles. The minimum atomic E-state index is 0.186. The van der Waals surface area contributed by atoms with Gasteiger partial charge in [0.1, 0.15) is 12.2 Å². The fourth-order valence-corrected chi connectivity index (χ4v) is 1.71. The molecular weight excluding hydrogens is 212 g/mol. The lowest BCUT2D eigenvalue weighted by atomic mass is 10.0. The van der Waals surface area contributed by atoms with Crippen LogP contribution in [0.3, 0.4) is 0 Å². The van der Waals surface area contributed by atoms with Gasteiger partial charge in [0.2, 0.25) is 0 Å². The number of aromatic nitrogens is 3. The normalized spacial score (nSPS) is 13.9. The monoisotopic (exact) mass is 238 g/mol. The van der Waals surface area contributed by atoms with Crippen molar-refractivity contribution in [2.75, 3.05) is 6.54 Å². The molecule has 1 rings (SSSR count). The first-order valence-electron chi connectivity index (χ1n) is 6.54. The second-order valence-electron chi connectivity index (χ2n) is 5.84. The second kappa shape index (κ2) is 6.15. The van der Waals surface area contributed by atoms with Gasteiger partial charge in [0.05, 0.1) is 0 Å². The van der Waals surface area contributed by atoms with Gasteiger partial charge in [0.25, 0.3) is 0 Å². The lowest BCUT2D eigenvalue weighted by molar-refractivity contribution is 0.375. The van der Waals surface area contributed by atoms with Crippen molar-refractivity contribution in [1.82, 2.24) is 20.1 Å². The lowest BCUT2D eigenvalue weighted by Gasteiger charge is -2.23. The summed E-state index contributed by atoms with van der Waals surface area (Å²) in [4.78, 5) is 4.34. The topological polar surface area (TPSA) is 42.7 Å². The number of nitrogens with one attached hydrogen (secondary N) is 1. The minimum Gasteiger partial charge on any atom is -0.312 e. The fourth-order valence-electron chi connectivity index (χ4n) is 1.71. The molecule has 0 radical (unpaired) electrons. The highest BCUT2D eigenvalue weighted by Crippen LogP contribution is 2.07. The minimum absolute atomic E-state index is 0.186. The van der Waals surface area contributed by atoms with Gasteiger partial charge in [-0.1, -0.05) is 13.8 Å². The highest BCUT2D eigenvalue weighted by Gasteiger charge is 2.13. The van der Waals surface area contributed by atoms with Crippen LogP contribution in [0.1, 0.15) is 46.9 Å². The van der Waals surface area contributed by atoms with E-state index < -0.39 is 0 Å². The summed E-state index contributed by atoms with van der Waals surface area (Å²) in [6, 6.07) is 0. The molecule has 1 heterocycles. The van der Waals surface area contributed by atoms with E-state index in [1.54, 1.807) is 6.33 Å². The van der Waals surface area contributed by atoms with Gasteiger partial charge in [-0.05, 0) is 39.7 Å². The molecule has 1 aromatic heterocycles. The third kappa shape index (κ3) is 5.31. The van der Waals surface area contributed by atoms with E-state index in [4.69, 9.17) is 0 Å². The Balaban J connectivity index is 2.44. The Kier molecular flexibility index (Phi) is 5.12. The maximum absolute atomic E-state index is 4.34. The van der Waals surface area contributed by atoms with Crippen molar-refractivity contribution in [2.45, 2.75) is 59.5 Å². The van der Waals surface area contributed by atoms with Crippen LogP contribution < -0.4 is 5.32 Å². The van der Waals surface area contributed by atoms with Crippen LogP contribution in [0.5, 0.6) is 0 Å². The first-order valence-corrected chi connectivity index (χ1v) is 6.54. The molecule has 0 aliphatic rings. The summed E-state index contributed by atoms with van der Waals surface area (Å²) in [5, 5.41) is 7.78. The van der Waals surface area contributed by atoms with E-state index >= 15 is 0 Å². The SMILES string of the molecule is CCCn1ncnc1CC(C)CNC(C)(C)C. The summed E-state index contributed by atoms with van der Waals surface area (Å²) in [6.45, 7) is 13.0. The van der Waals surface area contributed by atoms with E-state index in [-0.39, 0.29) is 5.54 Å². The van der Waals surface area contributed by atoms with Crippen molar-refractivity contribution in [3.05, 3.63) is 12.2 Å². The van der Waals surface area contributed by atoms with E-state index in [2.05, 4.69) is 50.0 Å². The maximum Gasteiger partial charge on any atom is 0.138 e. The first-order chi connectivity index (χ1) is 7.92. The summed E-state index contributed by atoms with van der Waals surface area (Å²) in [5.74, 6) is 1.68. The van der Waals surface area contributed by atoms with Gasteiger partial charge < -0.3 is 5.32 Å². The largest absolute Gasteiger partial charge is 0.312 e. The standard InChI is InChI=1S/C13H26N4/c1-6-7-17-12(14-10-16-17)8-11(2)9-15-13(3,4)5/h10-11,15H,6-9H2,1-5H3. The van der Waals surface area contributed by atoms with Crippen LogP contribution in [0.25, 0.3) is 0 Å². The van der Waals surface area contributed by atoms with Gasteiger partial charge in [0, 0.05) is 18.5 Å². The zero-order chi connectivity index (χ0) is 12.9. The molecule has 0 saturated heterocycles. The Labute approximate surface area is 105 Å². The molecule has 1 unspecified atom stereocenters. The number of hydrogen-bond donors (Lipinski definition) is 1. The average molecular weight is 238 g/mol. The zero-order valence-electron chi connectivity index (χ0n) is 11.8. The van der Waals surface area contributed by atoms with E-state index in [0.717, 1.165) is 31.8 Å². The van der Waals surface area contributed by atoms with Crippen LogP contribution in [0, 0.1) is 5.92 Å². The molecule has 0 aliphatic heterocycles. The molecule has 0 amide bonds. The van der Waals surface area contributed by atoms with E-state index in [1.165, 1.54) is 0 Å². The smallest absolute Gasteiger partial charge is 0.138 e. The Hall–Kier alpha value is -0.900. The Morgan fingerprint density at radius 2 is 2.12 bits per heavy atom. The molecule has 17 heavy (non-hydrogen) atoms. The molecule has 4 nitrogen and oxygen atoms in total. The predicted octanol–water partition coefficient (Wildman–Crippen LogP) is 2.25. The van der Waals surface area contributed by atoms with Gasteiger partial charge in [-0.15, -0.1) is 0 Å². The number of rotatable bonds is 6. The van der Waals surface area contributed by atoms with Crippen LogP contribution in [-0.4, -0.2) is 26.8 Å². The summed E-state index contributed by atoms with van der Waals surface area (Å²) in [7, 11) is 0. The molecule has 0 aromatic carbocycles. The molecule has 1 N–H and O–H groups in total. The van der Waals surface area contributed by atoms with Gasteiger partial charge in [-0.2, -0.15) is 5.10 Å². The van der Waals surface area contributed by atoms with Crippen molar-refractivity contribution in [1.29, 1.82) is 0 Å². The van der Waals surface area contributed by atoms with E-state index in [0.29, 0.717) is 5.92 Å². The molecule has 0 bridgehead atoms. The van der Waals surface area contributed by atoms with Crippen molar-refractivity contribution < 1.29 is 0 Å². The van der Waals surface area contributed by atoms with Crippen LogP contribution in [-0.2, 0) is 13.0 Å². The summed E-state index contributed by atoms with van der Waals surface area (Å²) < 4.78 is 2.02. The molecule has 1 atom stereocenters. The first kappa shape index (κ1) is 14.2. The molecule has 0 fully saturated rings. The molecule has 4 heteroatoms. The molecular formula is C13H26N4. The summed E-state index contributed by atoms with van der Waals surface area (Å²) in [5.41, 5.74) is 0.186. The second-order valence-corrected chi connectivity index (χ2v) is 5.84. The third-order valence-corrected chi connectivity index (χ3v) is 2.64. The van der Waals surface area contributed by atoms with Gasteiger partial charge in [0.15, 0.2) is 0 Å². The Morgan fingerprint density at radius 3 is 2.71 bits per heavy atom. The van der Waals surface area contributed by atoms with Gasteiger partial charge >= 0.3 is 0 Å². The number of nitrogens with zero attached hydrogens (tertiary/aromatic N) is 3. The van der Waals surface area contributed by atoms with E-state index in [1.807, 2.05) is 4.68 Å². The highest BCUT2D eigenvalue weighted by atomic mass is 15.3. The number of aryl methyl sites for hydroxylation is 1. The van der Waals surface area contributed by atoms with Crippen LogP contribution in [0.15, 0.2) is 6.33 Å². The van der Waals surface area contributed by atoms with Crippen LogP contribution in [0.2, 0.25) is 0 Å². The van der Waals surface area contributed by atoms with Crippen LogP contribution in [0.4, 0.5) is 0 Å². The highest BCUT2D eigenvalue weighted by molar-refractivity contribution is 4.87. The maximum atomic E-state index is 4.34. The quantitative estimate of drug-likeness (QED) is 0.826.